The molecule has 1 saturated heterocycles. The Bertz CT molecular complexity index is 806. The Labute approximate surface area is 161 Å². The predicted octanol–water partition coefficient (Wildman–Crippen LogP) is 1.75. The third kappa shape index (κ3) is 3.63. The van der Waals surface area contributed by atoms with Crippen LogP contribution in [0.5, 0.6) is 0 Å². The molecule has 144 valence electrons. The Kier molecular flexibility index (Phi) is 5.36. The molecule has 1 atom stereocenters. The summed E-state index contributed by atoms with van der Waals surface area (Å²) in [5.74, 6) is 0.252. The van der Waals surface area contributed by atoms with E-state index in [0.717, 1.165) is 49.2 Å². The highest BCUT2D eigenvalue weighted by atomic mass is 35.5. The van der Waals surface area contributed by atoms with Crippen LogP contribution in [-0.4, -0.2) is 44.5 Å². The lowest BCUT2D eigenvalue weighted by Crippen LogP contribution is -2.35. The molecule has 0 radical (unpaired) electrons. The van der Waals surface area contributed by atoms with Gasteiger partial charge in [-0.2, -0.15) is 4.31 Å². The van der Waals surface area contributed by atoms with E-state index in [1.165, 1.54) is 10.6 Å². The van der Waals surface area contributed by atoms with Gasteiger partial charge < -0.3 is 10.6 Å². The number of amides is 1. The second-order valence-electron chi connectivity index (χ2n) is 7.65. The number of piperidine rings is 1. The van der Waals surface area contributed by atoms with Crippen LogP contribution in [0.1, 0.15) is 30.4 Å². The zero-order valence-corrected chi connectivity index (χ0v) is 16.6. The monoisotopic (exact) mass is 399 g/mol. The number of nitrogens with zero attached hydrogens (tertiary/aromatic N) is 1. The van der Waals surface area contributed by atoms with Crippen molar-refractivity contribution < 1.29 is 13.2 Å². The lowest BCUT2D eigenvalue weighted by molar-refractivity contribution is -0.118. The maximum absolute atomic E-state index is 12.7. The molecule has 26 heavy (non-hydrogen) atoms. The Hall–Kier alpha value is -1.15. The van der Waals surface area contributed by atoms with Gasteiger partial charge in [0.25, 0.3) is 0 Å². The van der Waals surface area contributed by atoms with Crippen LogP contribution in [0.25, 0.3) is 0 Å². The van der Waals surface area contributed by atoms with Gasteiger partial charge in [0.05, 0.1) is 6.26 Å². The summed E-state index contributed by atoms with van der Waals surface area (Å²) in [5.41, 5.74) is 3.14. The quantitative estimate of drug-likeness (QED) is 0.811. The molecule has 2 N–H and O–H groups in total. The van der Waals surface area contributed by atoms with E-state index >= 15 is 0 Å². The zero-order chi connectivity index (χ0) is 17.7. The van der Waals surface area contributed by atoms with E-state index in [1.807, 2.05) is 18.2 Å². The summed E-state index contributed by atoms with van der Waals surface area (Å²) in [6.45, 7) is 2.87. The molecule has 2 heterocycles. The predicted molar refractivity (Wildman–Crippen MR) is 104 cm³/mol. The van der Waals surface area contributed by atoms with Crippen molar-refractivity contribution in [2.24, 2.45) is 11.3 Å². The van der Waals surface area contributed by atoms with Gasteiger partial charge >= 0.3 is 0 Å². The molecule has 1 spiro atoms. The molecule has 1 aromatic carbocycles. The van der Waals surface area contributed by atoms with Crippen molar-refractivity contribution >= 4 is 34.0 Å². The summed E-state index contributed by atoms with van der Waals surface area (Å²) < 4.78 is 25.1. The van der Waals surface area contributed by atoms with Crippen LogP contribution in [0.15, 0.2) is 18.2 Å². The second-order valence-corrected chi connectivity index (χ2v) is 9.63. The minimum absolute atomic E-state index is 0. The Morgan fingerprint density at radius 1 is 1.31 bits per heavy atom. The summed E-state index contributed by atoms with van der Waals surface area (Å²) in [6, 6.07) is 5.78. The number of halogens is 1. The first-order valence-electron chi connectivity index (χ1n) is 8.97. The molecule has 8 heteroatoms. The molecule has 0 aromatic heterocycles. The molecule has 1 unspecified atom stereocenters. The van der Waals surface area contributed by atoms with Crippen molar-refractivity contribution in [3.05, 3.63) is 29.3 Å². The number of nitrogens with one attached hydrogen (secondary N) is 2. The average molecular weight is 400 g/mol. The summed E-state index contributed by atoms with van der Waals surface area (Å²) in [6.07, 6.45) is 5.05. The molecule has 2 aliphatic heterocycles. The van der Waals surface area contributed by atoms with Gasteiger partial charge in [0.15, 0.2) is 0 Å². The highest BCUT2D eigenvalue weighted by Gasteiger charge is 2.57. The van der Waals surface area contributed by atoms with Crippen molar-refractivity contribution in [1.29, 1.82) is 0 Å². The molecule has 2 fully saturated rings. The molecule has 1 aromatic rings. The van der Waals surface area contributed by atoms with Crippen molar-refractivity contribution in [2.75, 3.05) is 31.2 Å². The molecule has 0 bridgehead atoms. The van der Waals surface area contributed by atoms with Crippen molar-refractivity contribution in [3.63, 3.8) is 0 Å². The van der Waals surface area contributed by atoms with Crippen LogP contribution in [0.4, 0.5) is 5.69 Å². The van der Waals surface area contributed by atoms with Crippen LogP contribution in [0.2, 0.25) is 0 Å². The lowest BCUT2D eigenvalue weighted by Gasteiger charge is -2.28. The van der Waals surface area contributed by atoms with Gasteiger partial charge in [-0.25, -0.2) is 8.42 Å². The third-order valence-corrected chi connectivity index (χ3v) is 7.31. The average Bonchev–Trinajstić information content (AvgIpc) is 3.27. The molecule has 4 rings (SSSR count). The fraction of sp³-hybridized carbons (Fsp3) is 0.611. The summed E-state index contributed by atoms with van der Waals surface area (Å²) in [4.78, 5) is 12.7. The van der Waals surface area contributed by atoms with E-state index in [9.17, 15) is 13.2 Å². The number of sulfonamides is 1. The van der Waals surface area contributed by atoms with Gasteiger partial charge in [0.1, 0.15) is 0 Å². The number of rotatable bonds is 3. The first-order chi connectivity index (χ1) is 11.9. The van der Waals surface area contributed by atoms with Gasteiger partial charge in [0, 0.05) is 24.7 Å². The van der Waals surface area contributed by atoms with Crippen molar-refractivity contribution in [3.8, 4) is 0 Å². The number of hydrogen-bond acceptors (Lipinski definition) is 4. The number of hydrogen-bond donors (Lipinski definition) is 2. The van der Waals surface area contributed by atoms with Gasteiger partial charge in [-0.05, 0) is 61.4 Å². The number of anilines is 1. The largest absolute Gasteiger partial charge is 0.326 e. The molecule has 1 amide bonds. The van der Waals surface area contributed by atoms with E-state index < -0.39 is 10.0 Å². The molecule has 3 aliphatic rings. The van der Waals surface area contributed by atoms with Crippen LogP contribution in [0.3, 0.4) is 0 Å². The lowest BCUT2D eigenvalue weighted by atomic mass is 9.91. The van der Waals surface area contributed by atoms with Crippen LogP contribution >= 0.6 is 12.4 Å². The number of fused-ring (bicyclic) bond motifs is 1. The fourth-order valence-electron chi connectivity index (χ4n) is 4.40. The third-order valence-electron chi connectivity index (χ3n) is 6.06. The summed E-state index contributed by atoms with van der Waals surface area (Å²) >= 11 is 0. The standard InChI is InChI=1S/C18H25N3O3S.ClH/c1-25(23,24)21-10-5-14-13(12-21)3-2-4-16(14)20-17(22)15-11-18(15)6-8-19-9-7-18;/h2-4,15,19H,5-12H2,1H3,(H,20,22);1H. The normalized spacial score (nSPS) is 24.4. The Balaban J connectivity index is 0.00000196. The smallest absolute Gasteiger partial charge is 0.228 e. The molecule has 1 aliphatic carbocycles. The number of carbonyl (C=O) groups is 1. The van der Waals surface area contributed by atoms with Crippen molar-refractivity contribution in [1.82, 2.24) is 9.62 Å². The van der Waals surface area contributed by atoms with Gasteiger partial charge in [-0.3, -0.25) is 4.79 Å². The fourth-order valence-corrected chi connectivity index (χ4v) is 5.20. The van der Waals surface area contributed by atoms with Crippen molar-refractivity contribution in [2.45, 2.75) is 32.2 Å². The molecular weight excluding hydrogens is 374 g/mol. The SMILES string of the molecule is CS(=O)(=O)N1CCc2c(cccc2NC(=O)C2CC23CCNCC3)C1.Cl. The summed E-state index contributed by atoms with van der Waals surface area (Å²) in [5, 5.41) is 6.49. The molecular formula is C18H26ClN3O3S. The number of benzene rings is 1. The van der Waals surface area contributed by atoms with E-state index in [4.69, 9.17) is 0 Å². The maximum atomic E-state index is 12.7. The minimum Gasteiger partial charge on any atom is -0.326 e. The van der Waals surface area contributed by atoms with E-state index in [1.54, 1.807) is 0 Å². The second kappa shape index (κ2) is 7.11. The van der Waals surface area contributed by atoms with E-state index in [-0.39, 0.29) is 29.6 Å². The molecule has 1 saturated carbocycles. The first kappa shape index (κ1) is 19.6. The Morgan fingerprint density at radius 2 is 2.04 bits per heavy atom. The van der Waals surface area contributed by atoms with Crippen LogP contribution in [-0.2, 0) is 27.8 Å². The Morgan fingerprint density at radius 3 is 2.73 bits per heavy atom. The number of carbonyl (C=O) groups excluding carboxylic acids is 1. The highest BCUT2D eigenvalue weighted by molar-refractivity contribution is 7.88. The molecule has 6 nitrogen and oxygen atoms in total. The summed E-state index contributed by atoms with van der Waals surface area (Å²) in [7, 11) is -3.19. The first-order valence-corrected chi connectivity index (χ1v) is 10.8. The van der Waals surface area contributed by atoms with E-state index in [2.05, 4.69) is 10.6 Å². The maximum Gasteiger partial charge on any atom is 0.228 e. The van der Waals surface area contributed by atoms with Crippen LogP contribution in [0, 0.1) is 11.3 Å². The minimum atomic E-state index is -3.19. The zero-order valence-electron chi connectivity index (χ0n) is 15.0. The van der Waals surface area contributed by atoms with Gasteiger partial charge in [-0.15, -0.1) is 12.4 Å². The van der Waals surface area contributed by atoms with Gasteiger partial charge in [-0.1, -0.05) is 12.1 Å². The van der Waals surface area contributed by atoms with Crippen LogP contribution < -0.4 is 10.6 Å². The van der Waals surface area contributed by atoms with Gasteiger partial charge in [0.2, 0.25) is 15.9 Å². The topological polar surface area (TPSA) is 78.5 Å². The highest BCUT2D eigenvalue weighted by Crippen LogP contribution is 2.58. The van der Waals surface area contributed by atoms with E-state index in [0.29, 0.717) is 19.5 Å².